The first-order valence-electron chi connectivity index (χ1n) is 9.67. The number of hydrogen-bond acceptors (Lipinski definition) is 4. The average Bonchev–Trinajstić information content (AvgIpc) is 2.69. The number of halogens is 2. The van der Waals surface area contributed by atoms with Crippen molar-refractivity contribution < 1.29 is 5.11 Å². The van der Waals surface area contributed by atoms with Crippen molar-refractivity contribution in [3.63, 3.8) is 0 Å². The van der Waals surface area contributed by atoms with E-state index in [0.29, 0.717) is 26.9 Å². The van der Waals surface area contributed by atoms with E-state index in [1.165, 1.54) is 0 Å². The minimum absolute atomic E-state index is 0.315. The monoisotopic (exact) mass is 439 g/mol. The van der Waals surface area contributed by atoms with Crippen LogP contribution in [0.25, 0.3) is 0 Å². The van der Waals surface area contributed by atoms with Gasteiger partial charge in [0.05, 0.1) is 23.4 Å². The number of aliphatic hydroxyl groups excluding tert-OH is 1. The zero-order valence-electron chi connectivity index (χ0n) is 16.7. The van der Waals surface area contributed by atoms with Crippen LogP contribution in [0.4, 0.5) is 0 Å². The zero-order chi connectivity index (χ0) is 21.7. The Hall–Kier alpha value is -2.42. The lowest BCUT2D eigenvalue weighted by atomic mass is 9.87. The topological polar surface area (TPSA) is 59.6 Å². The van der Waals surface area contributed by atoms with Crippen LogP contribution in [0, 0.1) is 11.3 Å². The molecule has 1 N–H and O–H groups in total. The maximum absolute atomic E-state index is 11.6. The molecule has 1 aliphatic heterocycles. The third-order valence-electron chi connectivity index (χ3n) is 5.19. The van der Waals surface area contributed by atoms with E-state index < -0.39 is 6.10 Å². The van der Waals surface area contributed by atoms with Gasteiger partial charge in [-0.1, -0.05) is 54.1 Å². The van der Waals surface area contributed by atoms with Crippen molar-refractivity contribution in [1.29, 1.82) is 5.26 Å². The second-order valence-corrected chi connectivity index (χ2v) is 7.98. The Bertz CT molecular complexity index is 1010. The van der Waals surface area contributed by atoms with E-state index in [1.54, 1.807) is 43.5 Å². The first-order chi connectivity index (χ1) is 14.5. The first-order valence-corrected chi connectivity index (χ1v) is 10.4. The number of benzene rings is 2. The molecule has 1 fully saturated rings. The highest BCUT2D eigenvalue weighted by Gasteiger charge is 2.35. The van der Waals surface area contributed by atoms with Crippen molar-refractivity contribution in [3.05, 3.63) is 93.5 Å². The molecule has 0 aromatic heterocycles. The Morgan fingerprint density at radius 1 is 1.23 bits per heavy atom. The number of hydrogen-bond donors (Lipinski definition) is 1. The second kappa shape index (κ2) is 10.1. The predicted octanol–water partition coefficient (Wildman–Crippen LogP) is 5.20. The fourth-order valence-electron chi connectivity index (χ4n) is 3.73. The number of nitrogens with zero attached hydrogens (tertiary/aromatic N) is 3. The molecule has 30 heavy (non-hydrogen) atoms. The molecule has 0 radical (unpaired) electrons. The summed E-state index contributed by atoms with van der Waals surface area (Å²) in [6.45, 7) is 5.57. The second-order valence-electron chi connectivity index (χ2n) is 7.10. The summed E-state index contributed by atoms with van der Waals surface area (Å²) in [5, 5.41) is 21.9. The van der Waals surface area contributed by atoms with E-state index in [9.17, 15) is 10.4 Å². The predicted molar refractivity (Wildman–Crippen MR) is 123 cm³/mol. The average molecular weight is 440 g/mol. The molecule has 1 aliphatic rings. The normalized spacial score (nSPS) is 17.0. The Morgan fingerprint density at radius 3 is 2.47 bits per heavy atom. The maximum atomic E-state index is 11.6. The van der Waals surface area contributed by atoms with E-state index in [0.717, 1.165) is 30.6 Å². The summed E-state index contributed by atoms with van der Waals surface area (Å²) < 4.78 is 0. The molecule has 4 nitrogen and oxygen atoms in total. The number of nitriles is 1. The SMILES string of the molecule is C=C/C=C(\C(=NC)c1cc(Cl)cc(Cl)c1)[C@@H](O)[C@H](c1cccc(C#N)c1)N1CCC1. The van der Waals surface area contributed by atoms with Gasteiger partial charge in [-0.3, -0.25) is 9.89 Å². The Kier molecular flexibility index (Phi) is 7.47. The summed E-state index contributed by atoms with van der Waals surface area (Å²) >= 11 is 12.4. The molecular formula is C24H23Cl2N3O. The molecule has 0 saturated carbocycles. The quantitative estimate of drug-likeness (QED) is 0.475. The fraction of sp³-hybridized carbons (Fsp3) is 0.250. The van der Waals surface area contributed by atoms with Gasteiger partial charge in [-0.25, -0.2) is 0 Å². The van der Waals surface area contributed by atoms with Crippen molar-refractivity contribution >= 4 is 28.9 Å². The van der Waals surface area contributed by atoms with Crippen LogP contribution in [0.5, 0.6) is 0 Å². The molecule has 0 aliphatic carbocycles. The largest absolute Gasteiger partial charge is 0.386 e. The van der Waals surface area contributed by atoms with Gasteiger partial charge in [0.2, 0.25) is 0 Å². The van der Waals surface area contributed by atoms with Gasteiger partial charge >= 0.3 is 0 Å². The summed E-state index contributed by atoms with van der Waals surface area (Å²) in [7, 11) is 1.67. The van der Waals surface area contributed by atoms with E-state index in [1.807, 2.05) is 18.2 Å². The molecule has 1 heterocycles. The van der Waals surface area contributed by atoms with E-state index >= 15 is 0 Å². The summed E-state index contributed by atoms with van der Waals surface area (Å²) in [4.78, 5) is 6.65. The molecular weight excluding hydrogens is 417 g/mol. The highest BCUT2D eigenvalue weighted by atomic mass is 35.5. The third kappa shape index (κ3) is 4.83. The molecule has 2 aromatic rings. The first kappa shape index (κ1) is 22.3. The fourth-order valence-corrected chi connectivity index (χ4v) is 4.26. The van der Waals surface area contributed by atoms with Gasteiger partial charge in [0.15, 0.2) is 0 Å². The Morgan fingerprint density at radius 2 is 1.93 bits per heavy atom. The lowest BCUT2D eigenvalue weighted by Gasteiger charge is -2.41. The van der Waals surface area contributed by atoms with Gasteiger partial charge in [-0.2, -0.15) is 5.26 Å². The van der Waals surface area contributed by atoms with Crippen molar-refractivity contribution in [1.82, 2.24) is 4.90 Å². The summed E-state index contributed by atoms with van der Waals surface area (Å²) in [6, 6.07) is 14.4. The molecule has 3 rings (SSSR count). The van der Waals surface area contributed by atoms with Crippen molar-refractivity contribution in [2.45, 2.75) is 18.6 Å². The molecule has 0 spiro atoms. The summed E-state index contributed by atoms with van der Waals surface area (Å²) in [5.41, 5.74) is 3.37. The smallest absolute Gasteiger partial charge is 0.101 e. The molecule has 0 bridgehead atoms. The van der Waals surface area contributed by atoms with Crippen LogP contribution < -0.4 is 0 Å². The number of aliphatic imine (C=N–C) groups is 1. The number of rotatable bonds is 7. The standard InChI is InChI=1S/C24H23Cl2N3O/c1-3-6-21(22(28-2)18-12-19(25)14-20(26)13-18)24(30)23(29-9-5-10-29)17-8-4-7-16(11-17)15-27/h3-4,6-8,11-14,23-24,30H,1,5,9-10H2,2H3/b21-6+,28-22?/t23-,24+/m0/s1. The van der Waals surface area contributed by atoms with Crippen LogP contribution >= 0.6 is 23.2 Å². The van der Waals surface area contributed by atoms with Crippen LogP contribution in [0.3, 0.4) is 0 Å². The lowest BCUT2D eigenvalue weighted by molar-refractivity contribution is 0.0345. The molecule has 154 valence electrons. The number of allylic oxidation sites excluding steroid dienone is 2. The number of likely N-dealkylation sites (tertiary alicyclic amines) is 1. The summed E-state index contributed by atoms with van der Waals surface area (Å²) in [6.07, 6.45) is 3.58. The van der Waals surface area contributed by atoms with Crippen LogP contribution in [0.1, 0.15) is 29.2 Å². The van der Waals surface area contributed by atoms with Crippen molar-refractivity contribution in [3.8, 4) is 6.07 Å². The van der Waals surface area contributed by atoms with Gasteiger partial charge in [0, 0.05) is 41.3 Å². The van der Waals surface area contributed by atoms with Crippen LogP contribution in [-0.4, -0.2) is 42.0 Å². The van der Waals surface area contributed by atoms with Crippen LogP contribution in [0.2, 0.25) is 10.0 Å². The molecule has 1 saturated heterocycles. The molecule has 0 amide bonds. The maximum Gasteiger partial charge on any atom is 0.101 e. The van der Waals surface area contributed by atoms with Gasteiger partial charge in [-0.15, -0.1) is 0 Å². The zero-order valence-corrected chi connectivity index (χ0v) is 18.2. The minimum Gasteiger partial charge on any atom is -0.386 e. The highest BCUT2D eigenvalue weighted by Crippen LogP contribution is 2.34. The Balaban J connectivity index is 2.07. The van der Waals surface area contributed by atoms with E-state index in [2.05, 4.69) is 22.5 Å². The van der Waals surface area contributed by atoms with Gasteiger partial charge in [0.25, 0.3) is 0 Å². The van der Waals surface area contributed by atoms with Crippen molar-refractivity contribution in [2.24, 2.45) is 4.99 Å². The van der Waals surface area contributed by atoms with Crippen LogP contribution in [0.15, 0.2) is 71.8 Å². The molecule has 0 unspecified atom stereocenters. The van der Waals surface area contributed by atoms with Gasteiger partial charge in [-0.05, 0) is 42.3 Å². The van der Waals surface area contributed by atoms with Gasteiger partial charge in [0.1, 0.15) is 6.10 Å². The summed E-state index contributed by atoms with van der Waals surface area (Å²) in [5.74, 6) is 0. The van der Waals surface area contributed by atoms with E-state index in [-0.39, 0.29) is 6.04 Å². The van der Waals surface area contributed by atoms with E-state index in [4.69, 9.17) is 23.2 Å². The molecule has 2 aromatic carbocycles. The van der Waals surface area contributed by atoms with Crippen molar-refractivity contribution in [2.75, 3.05) is 20.1 Å². The highest BCUT2D eigenvalue weighted by molar-refractivity contribution is 6.35. The molecule has 6 heteroatoms. The van der Waals surface area contributed by atoms with Crippen LogP contribution in [-0.2, 0) is 0 Å². The lowest BCUT2D eigenvalue weighted by Crippen LogP contribution is -2.46. The Labute approximate surface area is 187 Å². The number of aliphatic hydroxyl groups is 1. The third-order valence-corrected chi connectivity index (χ3v) is 5.63. The van der Waals surface area contributed by atoms with Gasteiger partial charge < -0.3 is 5.11 Å². The molecule has 2 atom stereocenters. The minimum atomic E-state index is -0.895.